The molecule has 148 valence electrons. The summed E-state index contributed by atoms with van der Waals surface area (Å²) < 4.78 is 0. The Balaban J connectivity index is 1.67. The standard InChI is InChI=1S/C21H18ClN3O3S/c22-14-7-3-6-13-17(12-5-2-1-4-11(12)10-29-20(13)14)15-8-23-21(28)18-19(27)16(26)9-24-25(15)18/h1-7,15,17-18,24H,8-10H2,(H,23,28). The molecule has 3 aliphatic heterocycles. The predicted molar refractivity (Wildman–Crippen MR) is 110 cm³/mol. The lowest BCUT2D eigenvalue weighted by Crippen LogP contribution is -2.73. The number of hydrazine groups is 1. The second-order valence-electron chi connectivity index (χ2n) is 7.37. The van der Waals surface area contributed by atoms with Crippen LogP contribution in [0.3, 0.4) is 0 Å². The van der Waals surface area contributed by atoms with Crippen LogP contribution in [0, 0.1) is 0 Å². The Kier molecular flexibility index (Phi) is 4.70. The van der Waals surface area contributed by atoms with Gasteiger partial charge in [0.25, 0.3) is 0 Å². The number of hydrogen-bond donors (Lipinski definition) is 2. The smallest absolute Gasteiger partial charge is 0.247 e. The molecule has 1 amide bonds. The van der Waals surface area contributed by atoms with E-state index < -0.39 is 23.5 Å². The summed E-state index contributed by atoms with van der Waals surface area (Å²) in [7, 11) is 0. The lowest BCUT2D eigenvalue weighted by Gasteiger charge is -2.46. The molecule has 8 heteroatoms. The van der Waals surface area contributed by atoms with Gasteiger partial charge in [0.2, 0.25) is 17.5 Å². The van der Waals surface area contributed by atoms with Gasteiger partial charge in [-0.1, -0.05) is 48.0 Å². The Bertz CT molecular complexity index is 1040. The third kappa shape index (κ3) is 3.00. The van der Waals surface area contributed by atoms with Crippen molar-refractivity contribution in [3.8, 4) is 0 Å². The van der Waals surface area contributed by atoms with E-state index >= 15 is 0 Å². The van der Waals surface area contributed by atoms with Crippen LogP contribution in [0.5, 0.6) is 0 Å². The molecule has 2 aromatic rings. The molecule has 3 heterocycles. The van der Waals surface area contributed by atoms with Gasteiger partial charge in [0.05, 0.1) is 17.6 Å². The summed E-state index contributed by atoms with van der Waals surface area (Å²) in [5.74, 6) is -0.992. The molecule has 2 fully saturated rings. The van der Waals surface area contributed by atoms with Crippen LogP contribution in [0.25, 0.3) is 0 Å². The van der Waals surface area contributed by atoms with Gasteiger partial charge >= 0.3 is 0 Å². The molecule has 29 heavy (non-hydrogen) atoms. The largest absolute Gasteiger partial charge is 0.353 e. The number of thioether (sulfide) groups is 1. The van der Waals surface area contributed by atoms with Crippen LogP contribution in [0.1, 0.15) is 22.6 Å². The van der Waals surface area contributed by atoms with E-state index in [1.807, 2.05) is 24.3 Å². The summed E-state index contributed by atoms with van der Waals surface area (Å²) in [6, 6.07) is 12.7. The monoisotopic (exact) mass is 427 g/mol. The minimum absolute atomic E-state index is 0.0926. The second kappa shape index (κ2) is 7.25. The summed E-state index contributed by atoms with van der Waals surface area (Å²) in [4.78, 5) is 37.9. The fourth-order valence-electron chi connectivity index (χ4n) is 4.48. The zero-order chi connectivity index (χ0) is 20.1. The summed E-state index contributed by atoms with van der Waals surface area (Å²) in [6.45, 7) is 0.268. The summed E-state index contributed by atoms with van der Waals surface area (Å²) >= 11 is 8.24. The van der Waals surface area contributed by atoms with Crippen LogP contribution >= 0.6 is 23.4 Å². The molecule has 3 aliphatic rings. The van der Waals surface area contributed by atoms with E-state index in [4.69, 9.17) is 11.6 Å². The molecule has 0 bridgehead atoms. The highest BCUT2D eigenvalue weighted by Crippen LogP contribution is 2.46. The topological polar surface area (TPSA) is 78.5 Å². The van der Waals surface area contributed by atoms with E-state index in [-0.39, 0.29) is 18.5 Å². The molecule has 0 radical (unpaired) electrons. The number of nitrogens with zero attached hydrogens (tertiary/aromatic N) is 1. The van der Waals surface area contributed by atoms with Gasteiger partial charge in [-0.05, 0) is 22.8 Å². The summed E-state index contributed by atoms with van der Waals surface area (Å²) in [5.41, 5.74) is 6.45. The van der Waals surface area contributed by atoms with Crippen LogP contribution in [0.4, 0.5) is 0 Å². The van der Waals surface area contributed by atoms with Crippen LogP contribution in [0.2, 0.25) is 5.02 Å². The lowest BCUT2D eigenvalue weighted by atomic mass is 9.80. The molecule has 0 spiro atoms. The number of piperazine rings is 1. The van der Waals surface area contributed by atoms with Gasteiger partial charge in [0.15, 0.2) is 6.04 Å². The molecular formula is C21H18ClN3O3S. The van der Waals surface area contributed by atoms with Gasteiger partial charge in [-0.15, -0.1) is 11.8 Å². The molecule has 0 aliphatic carbocycles. The van der Waals surface area contributed by atoms with Crippen LogP contribution in [0.15, 0.2) is 47.4 Å². The highest BCUT2D eigenvalue weighted by atomic mass is 35.5. The van der Waals surface area contributed by atoms with E-state index in [1.165, 1.54) is 5.56 Å². The summed E-state index contributed by atoms with van der Waals surface area (Å²) in [6.07, 6.45) is 0. The average Bonchev–Trinajstić information content (AvgIpc) is 2.89. The van der Waals surface area contributed by atoms with E-state index in [0.29, 0.717) is 11.6 Å². The Hall–Kier alpha value is -2.19. The van der Waals surface area contributed by atoms with E-state index in [0.717, 1.165) is 21.8 Å². The molecule has 2 N–H and O–H groups in total. The maximum Gasteiger partial charge on any atom is 0.247 e. The van der Waals surface area contributed by atoms with Crippen LogP contribution in [-0.4, -0.2) is 47.7 Å². The molecule has 3 atom stereocenters. The van der Waals surface area contributed by atoms with Crippen molar-refractivity contribution in [2.45, 2.75) is 28.6 Å². The number of carbonyl (C=O) groups excluding carboxylic acids is 3. The number of amides is 1. The number of halogens is 1. The minimum Gasteiger partial charge on any atom is -0.353 e. The van der Waals surface area contributed by atoms with Crippen molar-refractivity contribution in [2.24, 2.45) is 0 Å². The molecular weight excluding hydrogens is 410 g/mol. The van der Waals surface area contributed by atoms with E-state index in [2.05, 4.69) is 28.9 Å². The van der Waals surface area contributed by atoms with Gasteiger partial charge in [-0.2, -0.15) is 0 Å². The maximum atomic E-state index is 12.5. The SMILES string of the molecule is O=C1CNN2C(C(=O)NCC2C2c3ccccc3CSc3c(Cl)cccc32)C1=O. The lowest BCUT2D eigenvalue weighted by molar-refractivity contribution is -0.154. The highest BCUT2D eigenvalue weighted by molar-refractivity contribution is 7.98. The number of Topliss-reactive ketones (excluding diaryl/α,β-unsaturated/α-hetero) is 2. The number of ketones is 2. The molecule has 2 saturated heterocycles. The van der Waals surface area contributed by atoms with Crippen LogP contribution < -0.4 is 10.7 Å². The first kappa shape index (κ1) is 18.8. The Morgan fingerprint density at radius 2 is 1.83 bits per heavy atom. The summed E-state index contributed by atoms with van der Waals surface area (Å²) in [5, 5.41) is 5.22. The molecule has 5 rings (SSSR count). The van der Waals surface area contributed by atoms with Crippen molar-refractivity contribution in [3.63, 3.8) is 0 Å². The Morgan fingerprint density at radius 3 is 2.69 bits per heavy atom. The first-order valence-corrected chi connectivity index (χ1v) is 10.8. The normalized spacial score (nSPS) is 26.8. The van der Waals surface area contributed by atoms with Crippen LogP contribution in [-0.2, 0) is 20.1 Å². The highest BCUT2D eigenvalue weighted by Gasteiger charge is 2.49. The van der Waals surface area contributed by atoms with Crippen molar-refractivity contribution >= 4 is 40.8 Å². The third-order valence-electron chi connectivity index (χ3n) is 5.79. The number of fused-ring (bicyclic) bond motifs is 3. The van der Waals surface area contributed by atoms with E-state index in [1.54, 1.807) is 16.8 Å². The molecule has 0 aromatic heterocycles. The average molecular weight is 428 g/mol. The fraction of sp³-hybridized carbons (Fsp3) is 0.286. The van der Waals surface area contributed by atoms with E-state index in [9.17, 15) is 14.4 Å². The van der Waals surface area contributed by atoms with Crippen molar-refractivity contribution in [1.29, 1.82) is 0 Å². The van der Waals surface area contributed by atoms with Gasteiger partial charge in [-0.3, -0.25) is 14.4 Å². The van der Waals surface area contributed by atoms with Gasteiger partial charge in [0, 0.05) is 23.1 Å². The van der Waals surface area contributed by atoms with Crippen molar-refractivity contribution in [1.82, 2.24) is 15.8 Å². The molecule has 2 aromatic carbocycles. The van der Waals surface area contributed by atoms with Gasteiger partial charge in [-0.25, -0.2) is 10.4 Å². The van der Waals surface area contributed by atoms with Gasteiger partial charge < -0.3 is 5.32 Å². The molecule has 6 nitrogen and oxygen atoms in total. The second-order valence-corrected chi connectivity index (χ2v) is 8.76. The first-order valence-electron chi connectivity index (χ1n) is 9.42. The maximum absolute atomic E-state index is 12.5. The number of benzene rings is 2. The number of rotatable bonds is 1. The Morgan fingerprint density at radius 1 is 1.03 bits per heavy atom. The zero-order valence-electron chi connectivity index (χ0n) is 15.4. The number of nitrogens with one attached hydrogen (secondary N) is 2. The fourth-order valence-corrected chi connectivity index (χ4v) is 5.95. The van der Waals surface area contributed by atoms with Gasteiger partial charge in [0.1, 0.15) is 0 Å². The first-order chi connectivity index (χ1) is 14.1. The number of carbonyl (C=O) groups is 3. The third-order valence-corrected chi connectivity index (χ3v) is 7.42. The number of hydrogen-bond acceptors (Lipinski definition) is 6. The molecule has 3 unspecified atom stereocenters. The predicted octanol–water partition coefficient (Wildman–Crippen LogP) is 1.90. The van der Waals surface area contributed by atoms with Crippen molar-refractivity contribution in [3.05, 3.63) is 64.2 Å². The van der Waals surface area contributed by atoms with Crippen molar-refractivity contribution < 1.29 is 14.4 Å². The quantitative estimate of drug-likeness (QED) is 0.534. The zero-order valence-corrected chi connectivity index (χ0v) is 16.9. The molecule has 0 saturated carbocycles. The van der Waals surface area contributed by atoms with Crippen molar-refractivity contribution in [2.75, 3.05) is 13.1 Å². The minimum atomic E-state index is -1.14. The Labute approximate surface area is 176 Å².